The van der Waals surface area contributed by atoms with Crippen molar-refractivity contribution >= 4 is 51.9 Å². The highest BCUT2D eigenvalue weighted by Crippen LogP contribution is 2.34. The van der Waals surface area contributed by atoms with E-state index in [1.54, 1.807) is 17.7 Å². The number of anilines is 2. The van der Waals surface area contributed by atoms with E-state index in [-0.39, 0.29) is 27.9 Å². The van der Waals surface area contributed by atoms with Gasteiger partial charge < -0.3 is 15.4 Å². The molecular weight excluding hydrogens is 468 g/mol. The Labute approximate surface area is 201 Å². The zero-order valence-electron chi connectivity index (χ0n) is 18.7. The van der Waals surface area contributed by atoms with Gasteiger partial charge in [-0.05, 0) is 56.7 Å². The van der Waals surface area contributed by atoms with Gasteiger partial charge >= 0.3 is 0 Å². The number of fused-ring (bicyclic) bond motifs is 1. The number of nitrogens with one attached hydrogen (secondary N) is 2. The number of halogens is 3. The largest absolute Gasteiger partial charge is 0.477 e. The minimum atomic E-state index is -0.536. The van der Waals surface area contributed by atoms with Gasteiger partial charge in [-0.2, -0.15) is 4.98 Å². The number of hydrogen-bond donors (Lipinski definition) is 2. The Kier molecular flexibility index (Phi) is 6.95. The number of nitrogens with zero attached hydrogens (tertiary/aromatic N) is 3. The van der Waals surface area contributed by atoms with Crippen LogP contribution in [-0.4, -0.2) is 33.1 Å². The molecule has 0 aliphatic heterocycles. The zero-order valence-corrected chi connectivity index (χ0v) is 20.2. The molecular formula is C23H26Cl2FN5O2. The van der Waals surface area contributed by atoms with Crippen LogP contribution in [0.3, 0.4) is 0 Å². The Bertz CT molecular complexity index is 1170. The summed E-state index contributed by atoms with van der Waals surface area (Å²) in [6.07, 6.45) is 4.13. The Morgan fingerprint density at radius 3 is 2.48 bits per heavy atom. The average molecular weight is 494 g/mol. The van der Waals surface area contributed by atoms with E-state index in [2.05, 4.69) is 27.5 Å². The van der Waals surface area contributed by atoms with E-state index in [0.29, 0.717) is 40.9 Å². The van der Waals surface area contributed by atoms with Crippen LogP contribution in [0.15, 0.2) is 18.2 Å². The lowest BCUT2D eigenvalue weighted by Gasteiger charge is -2.27. The van der Waals surface area contributed by atoms with Gasteiger partial charge in [0.2, 0.25) is 11.8 Å². The van der Waals surface area contributed by atoms with Gasteiger partial charge in [0.15, 0.2) is 5.65 Å². The normalized spacial score (nSPS) is 18.4. The van der Waals surface area contributed by atoms with E-state index in [1.807, 2.05) is 6.92 Å². The first-order chi connectivity index (χ1) is 15.8. The van der Waals surface area contributed by atoms with Crippen LogP contribution in [0.25, 0.3) is 11.2 Å². The molecule has 33 heavy (non-hydrogen) atoms. The fraction of sp³-hybridized carbons (Fsp3) is 0.435. The fourth-order valence-corrected chi connectivity index (χ4v) is 4.61. The summed E-state index contributed by atoms with van der Waals surface area (Å²) in [4.78, 5) is 22.2. The number of benzene rings is 1. The first-order valence-electron chi connectivity index (χ1n) is 11.0. The lowest BCUT2D eigenvalue weighted by Crippen LogP contribution is -2.37. The van der Waals surface area contributed by atoms with E-state index < -0.39 is 5.82 Å². The molecule has 4 rings (SSSR count). The second-order valence-electron chi connectivity index (χ2n) is 8.41. The maximum Gasteiger partial charge on any atom is 0.257 e. The van der Waals surface area contributed by atoms with Crippen molar-refractivity contribution in [1.29, 1.82) is 0 Å². The summed E-state index contributed by atoms with van der Waals surface area (Å²) in [5, 5.41) is 6.40. The minimum Gasteiger partial charge on any atom is -0.477 e. The maximum absolute atomic E-state index is 13.5. The van der Waals surface area contributed by atoms with Crippen molar-refractivity contribution in [2.24, 2.45) is 13.0 Å². The van der Waals surface area contributed by atoms with Gasteiger partial charge in [-0.25, -0.2) is 9.37 Å². The van der Waals surface area contributed by atoms with Crippen molar-refractivity contribution in [3.8, 4) is 5.88 Å². The van der Waals surface area contributed by atoms with E-state index in [0.717, 1.165) is 37.8 Å². The van der Waals surface area contributed by atoms with Crippen molar-refractivity contribution in [2.45, 2.75) is 45.6 Å². The van der Waals surface area contributed by atoms with Gasteiger partial charge in [-0.3, -0.25) is 9.36 Å². The minimum absolute atomic E-state index is 0.122. The van der Waals surface area contributed by atoms with E-state index in [9.17, 15) is 9.18 Å². The Morgan fingerprint density at radius 1 is 1.18 bits per heavy atom. The Balaban J connectivity index is 1.67. The number of ether oxygens (including phenoxy) is 1. The number of aromatic nitrogens is 3. The third-order valence-electron chi connectivity index (χ3n) is 5.93. The molecule has 1 amide bonds. The van der Waals surface area contributed by atoms with Gasteiger partial charge in [0, 0.05) is 13.1 Å². The molecule has 2 aromatic heterocycles. The Morgan fingerprint density at radius 2 is 1.85 bits per heavy atom. The molecule has 7 nitrogen and oxygen atoms in total. The number of hydrogen-bond acceptors (Lipinski definition) is 5. The SMILES string of the molecule is CCOc1nc2c(cc1C(=O)NC1CCC(C)CC1)nc(Nc1c(Cl)cc(F)cc1Cl)n2C. The zero-order chi connectivity index (χ0) is 23.7. The number of pyridine rings is 1. The predicted molar refractivity (Wildman–Crippen MR) is 128 cm³/mol. The first kappa shape index (κ1) is 23.6. The molecule has 1 aliphatic rings. The standard InChI is InChI=1S/C23H26Cl2FN5O2/c1-4-33-22-15(21(32)27-14-7-5-12(2)6-8-14)11-18-20(30-22)31(3)23(28-18)29-19-16(24)9-13(26)10-17(19)25/h9-12,14H,4-8H2,1-3H3,(H,27,32)(H,28,29). The Hall–Kier alpha value is -2.58. The summed E-state index contributed by atoms with van der Waals surface area (Å²) in [6.45, 7) is 4.44. The average Bonchev–Trinajstić information content (AvgIpc) is 3.06. The smallest absolute Gasteiger partial charge is 0.257 e. The molecule has 1 aromatic carbocycles. The molecule has 0 radical (unpaired) electrons. The quantitative estimate of drug-likeness (QED) is 0.448. The molecule has 2 heterocycles. The van der Waals surface area contributed by atoms with Crippen LogP contribution in [-0.2, 0) is 7.05 Å². The van der Waals surface area contributed by atoms with Crippen LogP contribution in [0.4, 0.5) is 16.0 Å². The van der Waals surface area contributed by atoms with Crippen molar-refractivity contribution < 1.29 is 13.9 Å². The number of carbonyl (C=O) groups excluding carboxylic acids is 1. The van der Waals surface area contributed by atoms with Crippen molar-refractivity contribution in [2.75, 3.05) is 11.9 Å². The van der Waals surface area contributed by atoms with Crippen molar-refractivity contribution in [3.05, 3.63) is 39.6 Å². The molecule has 1 saturated carbocycles. The molecule has 1 aliphatic carbocycles. The monoisotopic (exact) mass is 493 g/mol. The number of imidazole rings is 1. The fourth-order valence-electron chi connectivity index (χ4n) is 4.06. The van der Waals surface area contributed by atoms with Crippen LogP contribution < -0.4 is 15.4 Å². The van der Waals surface area contributed by atoms with Crippen LogP contribution in [0.5, 0.6) is 5.88 Å². The molecule has 0 unspecified atom stereocenters. The van der Waals surface area contributed by atoms with Crippen LogP contribution in [0.1, 0.15) is 49.9 Å². The summed E-state index contributed by atoms with van der Waals surface area (Å²) in [7, 11) is 1.76. The summed E-state index contributed by atoms with van der Waals surface area (Å²) in [5.41, 5.74) is 1.68. The number of aryl methyl sites for hydroxylation is 1. The summed E-state index contributed by atoms with van der Waals surface area (Å²) >= 11 is 12.3. The maximum atomic E-state index is 13.5. The van der Waals surface area contributed by atoms with E-state index in [1.165, 1.54) is 0 Å². The van der Waals surface area contributed by atoms with Crippen molar-refractivity contribution in [3.63, 3.8) is 0 Å². The van der Waals surface area contributed by atoms with Crippen molar-refractivity contribution in [1.82, 2.24) is 19.9 Å². The number of carbonyl (C=O) groups is 1. The highest BCUT2D eigenvalue weighted by Gasteiger charge is 2.24. The van der Waals surface area contributed by atoms with Gasteiger partial charge in [0.1, 0.15) is 16.9 Å². The van der Waals surface area contributed by atoms with Gasteiger partial charge in [-0.1, -0.05) is 30.1 Å². The van der Waals surface area contributed by atoms with Gasteiger partial charge in [-0.15, -0.1) is 0 Å². The summed E-state index contributed by atoms with van der Waals surface area (Å²) < 4.78 is 20.9. The molecule has 0 atom stereocenters. The molecule has 0 saturated heterocycles. The topological polar surface area (TPSA) is 81.1 Å². The van der Waals surface area contributed by atoms with E-state index in [4.69, 9.17) is 27.9 Å². The molecule has 10 heteroatoms. The van der Waals surface area contributed by atoms with Crippen LogP contribution in [0.2, 0.25) is 10.0 Å². The molecule has 0 spiro atoms. The number of amides is 1. The third kappa shape index (κ3) is 5.01. The molecule has 2 N–H and O–H groups in total. The lowest BCUT2D eigenvalue weighted by atomic mass is 9.87. The molecule has 0 bridgehead atoms. The summed E-state index contributed by atoms with van der Waals surface area (Å²) in [5.74, 6) is 0.565. The third-order valence-corrected chi connectivity index (χ3v) is 6.53. The second kappa shape index (κ2) is 9.73. The van der Waals surface area contributed by atoms with Gasteiger partial charge in [0.05, 0.1) is 22.3 Å². The second-order valence-corrected chi connectivity index (χ2v) is 9.23. The van der Waals surface area contributed by atoms with Crippen LogP contribution >= 0.6 is 23.2 Å². The van der Waals surface area contributed by atoms with Gasteiger partial charge in [0.25, 0.3) is 5.91 Å². The molecule has 176 valence electrons. The number of rotatable bonds is 6. The lowest BCUT2D eigenvalue weighted by molar-refractivity contribution is 0.0918. The molecule has 3 aromatic rings. The highest BCUT2D eigenvalue weighted by atomic mass is 35.5. The predicted octanol–water partition coefficient (Wildman–Crippen LogP) is 5.87. The molecule has 1 fully saturated rings. The van der Waals surface area contributed by atoms with E-state index >= 15 is 0 Å². The highest BCUT2D eigenvalue weighted by molar-refractivity contribution is 6.39. The first-order valence-corrected chi connectivity index (χ1v) is 11.7. The summed E-state index contributed by atoms with van der Waals surface area (Å²) in [6, 6.07) is 4.15. The van der Waals surface area contributed by atoms with Crippen LogP contribution in [0, 0.1) is 11.7 Å².